The van der Waals surface area contributed by atoms with Crippen molar-refractivity contribution in [3.63, 3.8) is 0 Å². The Kier molecular flexibility index (Phi) is 5.61. The van der Waals surface area contributed by atoms with Crippen molar-refractivity contribution in [2.75, 3.05) is 26.3 Å². The zero-order valence-electron chi connectivity index (χ0n) is 15.4. The van der Waals surface area contributed by atoms with Crippen molar-refractivity contribution in [2.45, 2.75) is 38.0 Å². The minimum Gasteiger partial charge on any atom is -0.381 e. The minimum absolute atomic E-state index is 0.288. The normalized spacial score (nSPS) is 19.1. The highest BCUT2D eigenvalue weighted by Crippen LogP contribution is 2.27. The second-order valence-corrected chi connectivity index (χ2v) is 7.35. The molecule has 7 nitrogen and oxygen atoms in total. The zero-order chi connectivity index (χ0) is 19.5. The van der Waals surface area contributed by atoms with Crippen LogP contribution in [0.25, 0.3) is 0 Å². The molecule has 0 N–H and O–H groups in total. The van der Waals surface area contributed by atoms with Crippen LogP contribution in [-0.2, 0) is 11.2 Å². The highest BCUT2D eigenvalue weighted by atomic mass is 19.1. The van der Waals surface area contributed by atoms with Gasteiger partial charge in [0, 0.05) is 38.6 Å². The van der Waals surface area contributed by atoms with Gasteiger partial charge in [-0.1, -0.05) is 5.16 Å². The Morgan fingerprint density at radius 3 is 2.46 bits per heavy atom. The average Bonchev–Trinajstić information content (AvgIpc) is 3.17. The van der Waals surface area contributed by atoms with Gasteiger partial charge in [-0.25, -0.2) is 8.78 Å². The summed E-state index contributed by atoms with van der Waals surface area (Å²) in [5, 5.41) is 4.11. The van der Waals surface area contributed by atoms with Crippen molar-refractivity contribution < 1.29 is 22.8 Å². The predicted octanol–water partition coefficient (Wildman–Crippen LogP) is 2.73. The monoisotopic (exact) mass is 392 g/mol. The van der Waals surface area contributed by atoms with E-state index in [1.165, 1.54) is 4.90 Å². The first-order valence-electron chi connectivity index (χ1n) is 9.60. The van der Waals surface area contributed by atoms with E-state index in [-0.39, 0.29) is 5.92 Å². The van der Waals surface area contributed by atoms with Crippen LogP contribution in [0.3, 0.4) is 0 Å². The number of nitrogens with zero attached hydrogens (tertiary/aromatic N) is 4. The molecule has 0 spiro atoms. The highest BCUT2D eigenvalue weighted by molar-refractivity contribution is 5.94. The fourth-order valence-corrected chi connectivity index (χ4v) is 3.83. The molecule has 9 heteroatoms. The summed E-state index contributed by atoms with van der Waals surface area (Å²) in [5.74, 6) is -0.560. The van der Waals surface area contributed by atoms with Gasteiger partial charge in [-0.2, -0.15) is 4.98 Å². The third kappa shape index (κ3) is 4.04. The van der Waals surface area contributed by atoms with Crippen LogP contribution < -0.4 is 0 Å². The molecule has 2 aliphatic heterocycles. The van der Waals surface area contributed by atoms with Gasteiger partial charge in [0.05, 0.1) is 12.4 Å². The maximum Gasteiger partial charge on any atom is 0.259 e. The number of carbonyl (C=O) groups is 1. The Morgan fingerprint density at radius 1 is 1.11 bits per heavy atom. The molecule has 0 bridgehead atoms. The van der Waals surface area contributed by atoms with Gasteiger partial charge < -0.3 is 14.2 Å². The van der Waals surface area contributed by atoms with E-state index >= 15 is 0 Å². The Hall–Kier alpha value is -2.42. The van der Waals surface area contributed by atoms with Crippen molar-refractivity contribution in [2.24, 2.45) is 5.92 Å². The molecule has 2 aromatic heterocycles. The van der Waals surface area contributed by atoms with Crippen molar-refractivity contribution >= 4 is 5.91 Å². The summed E-state index contributed by atoms with van der Waals surface area (Å²) in [6.45, 7) is 2.32. The van der Waals surface area contributed by atoms with Crippen LogP contribution in [0.1, 0.15) is 53.7 Å². The smallest absolute Gasteiger partial charge is 0.259 e. The third-order valence-corrected chi connectivity index (χ3v) is 5.50. The summed E-state index contributed by atoms with van der Waals surface area (Å²) in [5.41, 5.74) is -0.536. The van der Waals surface area contributed by atoms with Crippen LogP contribution in [0.15, 0.2) is 16.9 Å². The van der Waals surface area contributed by atoms with Gasteiger partial charge in [0.15, 0.2) is 17.5 Å². The van der Waals surface area contributed by atoms with Gasteiger partial charge in [0.2, 0.25) is 5.89 Å². The second kappa shape index (κ2) is 8.30. The highest BCUT2D eigenvalue weighted by Gasteiger charge is 2.29. The molecule has 2 aliphatic rings. The van der Waals surface area contributed by atoms with E-state index in [9.17, 15) is 13.6 Å². The number of piperidine rings is 1. The molecule has 1 amide bonds. The summed E-state index contributed by atoms with van der Waals surface area (Å²) in [6, 6.07) is 0. The number of pyridine rings is 1. The molecule has 2 saturated heterocycles. The molecule has 0 aromatic carbocycles. The Morgan fingerprint density at radius 2 is 1.79 bits per heavy atom. The lowest BCUT2D eigenvalue weighted by molar-refractivity contribution is 0.0677. The first kappa shape index (κ1) is 18.9. The van der Waals surface area contributed by atoms with Crippen LogP contribution in [0, 0.1) is 17.6 Å². The average molecular weight is 392 g/mol. The molecule has 0 aliphatic carbocycles. The molecule has 4 rings (SSSR count). The molecule has 0 unspecified atom stereocenters. The van der Waals surface area contributed by atoms with Crippen molar-refractivity contribution in [1.82, 2.24) is 20.0 Å². The lowest BCUT2D eigenvalue weighted by Gasteiger charge is -2.31. The van der Waals surface area contributed by atoms with Gasteiger partial charge in [0.1, 0.15) is 5.56 Å². The SMILES string of the molecule is O=C(c1c(F)cncc1F)N1CCC(Cc2nc(C3CCOCC3)no2)CC1. The van der Waals surface area contributed by atoms with Gasteiger partial charge in [-0.15, -0.1) is 0 Å². The third-order valence-electron chi connectivity index (χ3n) is 5.50. The van der Waals surface area contributed by atoms with Crippen molar-refractivity contribution in [1.29, 1.82) is 0 Å². The van der Waals surface area contributed by atoms with E-state index in [0.717, 1.165) is 57.1 Å². The molecule has 2 fully saturated rings. The number of likely N-dealkylation sites (tertiary alicyclic amines) is 1. The predicted molar refractivity (Wildman–Crippen MR) is 93.6 cm³/mol. The van der Waals surface area contributed by atoms with E-state index in [1.54, 1.807) is 0 Å². The lowest BCUT2D eigenvalue weighted by Crippen LogP contribution is -2.39. The molecular formula is C19H22F2N4O3. The zero-order valence-corrected chi connectivity index (χ0v) is 15.4. The molecule has 2 aromatic rings. The number of ether oxygens (including phenoxy) is 1. The summed E-state index contributed by atoms with van der Waals surface area (Å²) >= 11 is 0. The summed E-state index contributed by atoms with van der Waals surface area (Å²) in [7, 11) is 0. The fraction of sp³-hybridized carbons (Fsp3) is 0.579. The van der Waals surface area contributed by atoms with Gasteiger partial charge in [-0.3, -0.25) is 9.78 Å². The number of carbonyl (C=O) groups excluding carboxylic acids is 1. The molecule has 4 heterocycles. The number of halogens is 2. The molecule has 0 radical (unpaired) electrons. The number of aromatic nitrogens is 3. The first-order valence-corrected chi connectivity index (χ1v) is 9.60. The Labute approximate surface area is 161 Å². The maximum atomic E-state index is 13.8. The summed E-state index contributed by atoms with van der Waals surface area (Å²) in [6.07, 6.45) is 5.60. The van der Waals surface area contributed by atoms with Crippen molar-refractivity contribution in [3.8, 4) is 0 Å². The van der Waals surface area contributed by atoms with Gasteiger partial charge in [-0.05, 0) is 31.6 Å². The number of hydrogen-bond acceptors (Lipinski definition) is 6. The molecule has 150 valence electrons. The molecule has 28 heavy (non-hydrogen) atoms. The van der Waals surface area contributed by atoms with Crippen LogP contribution >= 0.6 is 0 Å². The minimum atomic E-state index is -0.932. The van der Waals surface area contributed by atoms with E-state index in [2.05, 4.69) is 15.1 Å². The maximum absolute atomic E-state index is 13.8. The number of rotatable bonds is 4. The number of amides is 1. The van der Waals surface area contributed by atoms with Crippen LogP contribution in [0.2, 0.25) is 0 Å². The van der Waals surface area contributed by atoms with E-state index in [0.29, 0.717) is 31.3 Å². The number of hydrogen-bond donors (Lipinski definition) is 0. The molecule has 0 saturated carbocycles. The Balaban J connectivity index is 1.32. The summed E-state index contributed by atoms with van der Waals surface area (Å²) < 4.78 is 38.3. The lowest BCUT2D eigenvalue weighted by atomic mass is 9.93. The van der Waals surface area contributed by atoms with Crippen LogP contribution in [0.5, 0.6) is 0 Å². The van der Waals surface area contributed by atoms with E-state index < -0.39 is 23.1 Å². The Bertz CT molecular complexity index is 810. The van der Waals surface area contributed by atoms with E-state index in [4.69, 9.17) is 9.26 Å². The standard InChI is InChI=1S/C19H22F2N4O3/c20-14-10-22-11-15(21)17(14)19(26)25-5-1-12(2-6-25)9-16-23-18(24-28-16)13-3-7-27-8-4-13/h10-13H,1-9H2. The van der Waals surface area contributed by atoms with Gasteiger partial charge in [0.25, 0.3) is 5.91 Å². The van der Waals surface area contributed by atoms with E-state index in [1.807, 2.05) is 0 Å². The fourth-order valence-electron chi connectivity index (χ4n) is 3.83. The van der Waals surface area contributed by atoms with Crippen molar-refractivity contribution in [3.05, 3.63) is 41.3 Å². The largest absolute Gasteiger partial charge is 0.381 e. The first-order chi connectivity index (χ1) is 13.6. The van der Waals surface area contributed by atoms with Crippen LogP contribution in [0.4, 0.5) is 8.78 Å². The van der Waals surface area contributed by atoms with Crippen LogP contribution in [-0.4, -0.2) is 52.2 Å². The molecule has 0 atom stereocenters. The van der Waals surface area contributed by atoms with Gasteiger partial charge >= 0.3 is 0 Å². The summed E-state index contributed by atoms with van der Waals surface area (Å²) in [4.78, 5) is 21.9. The quantitative estimate of drug-likeness (QED) is 0.796. The topological polar surface area (TPSA) is 81.4 Å². The molecular weight excluding hydrogens is 370 g/mol. The second-order valence-electron chi connectivity index (χ2n) is 7.35.